The van der Waals surface area contributed by atoms with Crippen molar-refractivity contribution in [1.29, 1.82) is 0 Å². The Morgan fingerprint density at radius 2 is 2.10 bits per heavy atom. The fourth-order valence-electron chi connectivity index (χ4n) is 2.43. The van der Waals surface area contributed by atoms with Crippen molar-refractivity contribution in [1.82, 2.24) is 0 Å². The highest BCUT2D eigenvalue weighted by molar-refractivity contribution is 7.87. The average molecular weight is 356 g/mol. The maximum Gasteiger partial charge on any atom is 0.535 e. The third-order valence-corrected chi connectivity index (χ3v) is 6.75. The lowest BCUT2D eigenvalue weighted by Gasteiger charge is -2.38. The summed E-state index contributed by atoms with van der Waals surface area (Å²) in [5.74, 6) is -0.157. The Balaban J connectivity index is 3.29. The lowest BCUT2D eigenvalue weighted by molar-refractivity contribution is 0.340. The molecule has 1 aliphatic carbocycles. The third-order valence-electron chi connectivity index (χ3n) is 3.54. The normalized spacial score (nSPS) is 27.4. The minimum atomic E-state index is -4.10. The van der Waals surface area contributed by atoms with Crippen LogP contribution < -0.4 is 0 Å². The van der Waals surface area contributed by atoms with Crippen molar-refractivity contribution in [2.75, 3.05) is 6.35 Å². The molecular formula is C13H21ClO5PS+. The minimum Gasteiger partial charge on any atom is -0.216 e. The van der Waals surface area contributed by atoms with Gasteiger partial charge in [0.1, 0.15) is 5.25 Å². The molecule has 0 heterocycles. The smallest absolute Gasteiger partial charge is 0.216 e. The van der Waals surface area contributed by atoms with Crippen LogP contribution in [0.5, 0.6) is 0 Å². The van der Waals surface area contributed by atoms with Gasteiger partial charge in [0.2, 0.25) is 0 Å². The van der Waals surface area contributed by atoms with Crippen LogP contribution in [0.1, 0.15) is 34.1 Å². The summed E-state index contributed by atoms with van der Waals surface area (Å²) in [5.41, 5.74) is 1.54. The summed E-state index contributed by atoms with van der Waals surface area (Å²) in [6, 6.07) is 0. The Kier molecular flexibility index (Phi) is 6.16. The third kappa shape index (κ3) is 4.14. The lowest BCUT2D eigenvalue weighted by Crippen LogP contribution is -2.48. The predicted molar refractivity (Wildman–Crippen MR) is 84.0 cm³/mol. The molecule has 0 aromatic carbocycles. The molecule has 8 heteroatoms. The summed E-state index contributed by atoms with van der Waals surface area (Å²) >= 11 is 6.63. The fourth-order valence-corrected chi connectivity index (χ4v) is 5.46. The highest BCUT2D eigenvalue weighted by Gasteiger charge is 2.49. The van der Waals surface area contributed by atoms with Gasteiger partial charge in [-0.25, -0.2) is 4.18 Å². The molecule has 0 aromatic rings. The second-order valence-corrected chi connectivity index (χ2v) is 8.73. The van der Waals surface area contributed by atoms with E-state index in [1.54, 1.807) is 19.1 Å². The second kappa shape index (κ2) is 6.88. The molecule has 0 aromatic heterocycles. The summed E-state index contributed by atoms with van der Waals surface area (Å²) in [7, 11) is -6.79. The first-order chi connectivity index (χ1) is 9.54. The van der Waals surface area contributed by atoms with E-state index in [0.717, 1.165) is 12.0 Å². The zero-order valence-electron chi connectivity index (χ0n) is 12.5. The number of allylic oxidation sites excluding steroid dienone is 3. The van der Waals surface area contributed by atoms with Crippen LogP contribution in [-0.2, 0) is 18.9 Å². The SMILES string of the molecule is CCC1=CC(Cl)(C(C)C)C(S(=O)(=O)OC[P+](=O)O)C(C)=C1. The predicted octanol–water partition coefficient (Wildman–Crippen LogP) is 3.32. The van der Waals surface area contributed by atoms with Crippen LogP contribution in [0.15, 0.2) is 23.3 Å². The van der Waals surface area contributed by atoms with Gasteiger partial charge in [-0.3, -0.25) is 0 Å². The summed E-state index contributed by atoms with van der Waals surface area (Å²) in [5, 5.41) is -1.07. The van der Waals surface area contributed by atoms with Crippen LogP contribution in [0.4, 0.5) is 0 Å². The highest BCUT2D eigenvalue weighted by atomic mass is 35.5. The van der Waals surface area contributed by atoms with Crippen molar-refractivity contribution in [3.63, 3.8) is 0 Å². The molecule has 5 nitrogen and oxygen atoms in total. The molecule has 1 rings (SSSR count). The summed E-state index contributed by atoms with van der Waals surface area (Å²) in [6.07, 6.45) is 3.54. The molecule has 0 amide bonds. The monoisotopic (exact) mass is 355 g/mol. The van der Waals surface area contributed by atoms with E-state index in [-0.39, 0.29) is 5.92 Å². The zero-order chi connectivity index (χ0) is 16.4. The molecule has 1 N–H and O–H groups in total. The van der Waals surface area contributed by atoms with Crippen LogP contribution >= 0.6 is 19.6 Å². The molecule has 0 saturated heterocycles. The molecule has 0 bridgehead atoms. The van der Waals surface area contributed by atoms with Gasteiger partial charge < -0.3 is 0 Å². The van der Waals surface area contributed by atoms with E-state index < -0.39 is 34.6 Å². The second-order valence-electron chi connectivity index (χ2n) is 5.42. The number of halogens is 1. The fraction of sp³-hybridized carbons (Fsp3) is 0.692. The molecule has 0 radical (unpaired) electrons. The maximum atomic E-state index is 12.4. The van der Waals surface area contributed by atoms with Gasteiger partial charge in [0, 0.05) is 0 Å². The van der Waals surface area contributed by atoms with Gasteiger partial charge in [-0.05, 0) is 23.8 Å². The topological polar surface area (TPSA) is 80.7 Å². The van der Waals surface area contributed by atoms with E-state index in [9.17, 15) is 13.0 Å². The molecule has 0 saturated carbocycles. The Bertz CT molecular complexity index is 581. The number of alkyl halides is 1. The molecule has 21 heavy (non-hydrogen) atoms. The Labute approximate surface area is 132 Å². The first kappa shape index (κ1) is 18.8. The van der Waals surface area contributed by atoms with Crippen molar-refractivity contribution in [3.05, 3.63) is 23.3 Å². The Hall–Kier alpha value is -0.260. The van der Waals surface area contributed by atoms with Crippen LogP contribution in [0.2, 0.25) is 0 Å². The van der Waals surface area contributed by atoms with Gasteiger partial charge in [-0.1, -0.05) is 44.1 Å². The summed E-state index contributed by atoms with van der Waals surface area (Å²) in [6.45, 7) is 7.33. The zero-order valence-corrected chi connectivity index (χ0v) is 15.0. The molecular weight excluding hydrogens is 335 g/mol. The Morgan fingerprint density at radius 3 is 2.52 bits per heavy atom. The van der Waals surface area contributed by atoms with E-state index in [1.165, 1.54) is 0 Å². The first-order valence-electron chi connectivity index (χ1n) is 6.65. The van der Waals surface area contributed by atoms with Gasteiger partial charge in [-0.2, -0.15) is 13.3 Å². The molecule has 0 fully saturated rings. The number of rotatable bonds is 6. The molecule has 1 aliphatic rings. The van der Waals surface area contributed by atoms with E-state index in [1.807, 2.05) is 20.8 Å². The van der Waals surface area contributed by atoms with Gasteiger partial charge in [0.15, 0.2) is 0 Å². The molecule has 0 spiro atoms. The highest BCUT2D eigenvalue weighted by Crippen LogP contribution is 2.43. The largest absolute Gasteiger partial charge is 0.535 e. The van der Waals surface area contributed by atoms with Crippen molar-refractivity contribution < 1.29 is 22.1 Å². The quantitative estimate of drug-likeness (QED) is 0.449. The van der Waals surface area contributed by atoms with Crippen molar-refractivity contribution in [3.8, 4) is 0 Å². The molecule has 3 atom stereocenters. The maximum absolute atomic E-state index is 12.4. The van der Waals surface area contributed by atoms with Gasteiger partial charge in [0.25, 0.3) is 16.5 Å². The molecule has 0 aliphatic heterocycles. The Morgan fingerprint density at radius 1 is 1.52 bits per heavy atom. The van der Waals surface area contributed by atoms with Crippen molar-refractivity contribution in [2.45, 2.75) is 44.2 Å². The van der Waals surface area contributed by atoms with E-state index in [2.05, 4.69) is 0 Å². The van der Waals surface area contributed by atoms with Crippen LogP contribution in [0.25, 0.3) is 0 Å². The standard InChI is InChI=1S/C13H20ClO5PS/c1-5-11-6-10(4)12(13(14,7-11)9(2)3)21(17,18)19-8-20(15)16/h6-7,9,12H,5,8H2,1-4H3/p+1. The van der Waals surface area contributed by atoms with Gasteiger partial charge in [-0.15, -0.1) is 11.6 Å². The van der Waals surface area contributed by atoms with Crippen molar-refractivity contribution in [2.24, 2.45) is 5.92 Å². The van der Waals surface area contributed by atoms with E-state index in [4.69, 9.17) is 20.7 Å². The molecule has 120 valence electrons. The average Bonchev–Trinajstić information content (AvgIpc) is 2.35. The van der Waals surface area contributed by atoms with Crippen LogP contribution in [0.3, 0.4) is 0 Å². The number of hydrogen-bond donors (Lipinski definition) is 1. The number of hydrogen-bond acceptors (Lipinski definition) is 4. The lowest BCUT2D eigenvalue weighted by atomic mass is 9.81. The van der Waals surface area contributed by atoms with E-state index >= 15 is 0 Å². The van der Waals surface area contributed by atoms with Crippen LogP contribution in [0, 0.1) is 5.92 Å². The van der Waals surface area contributed by atoms with E-state index in [0.29, 0.717) is 5.57 Å². The minimum absolute atomic E-state index is 0.157. The van der Waals surface area contributed by atoms with Crippen LogP contribution in [-0.4, -0.2) is 29.8 Å². The van der Waals surface area contributed by atoms with Gasteiger partial charge >= 0.3 is 8.03 Å². The summed E-state index contributed by atoms with van der Waals surface area (Å²) < 4.78 is 40.2. The summed E-state index contributed by atoms with van der Waals surface area (Å²) in [4.78, 5) is 7.62. The van der Waals surface area contributed by atoms with Gasteiger partial charge in [0.05, 0.1) is 4.87 Å². The van der Waals surface area contributed by atoms with Crippen molar-refractivity contribution >= 4 is 29.7 Å². The first-order valence-corrected chi connectivity index (χ1v) is 9.90. The molecule has 3 unspecified atom stereocenters.